The molecule has 0 heterocycles. The molecule has 0 aromatic rings. The van der Waals surface area contributed by atoms with Crippen LogP contribution in [0.4, 0.5) is 0 Å². The number of hydrogen-bond acceptors (Lipinski definition) is 2. The highest BCUT2D eigenvalue weighted by atomic mass is 14.9. The first-order valence-electron chi connectivity index (χ1n) is 5.14. The molecule has 1 rings (SSSR count). The van der Waals surface area contributed by atoms with Gasteiger partial charge >= 0.3 is 0 Å². The summed E-state index contributed by atoms with van der Waals surface area (Å²) in [6.45, 7) is 8.54. The maximum Gasteiger partial charge on any atom is 0.0258 e. The maximum absolute atomic E-state index is 5.46. The Morgan fingerprint density at radius 3 is 2.85 bits per heavy atom. The normalized spacial score (nSPS) is 27.1. The van der Waals surface area contributed by atoms with Crippen molar-refractivity contribution in [2.24, 2.45) is 11.1 Å². The fourth-order valence-electron chi connectivity index (χ4n) is 2.28. The molecule has 2 heteroatoms. The van der Waals surface area contributed by atoms with E-state index in [2.05, 4.69) is 32.2 Å². The highest BCUT2D eigenvalue weighted by Gasteiger charge is 2.26. The third-order valence-corrected chi connectivity index (χ3v) is 2.57. The number of allylic oxidation sites excluding steroid dienone is 1. The largest absolute Gasteiger partial charge is 0.329 e. The van der Waals surface area contributed by atoms with Crippen LogP contribution in [0.15, 0.2) is 11.6 Å². The van der Waals surface area contributed by atoms with E-state index in [1.807, 2.05) is 0 Å². The lowest BCUT2D eigenvalue weighted by atomic mass is 9.76. The van der Waals surface area contributed by atoms with Gasteiger partial charge in [-0.2, -0.15) is 0 Å². The summed E-state index contributed by atoms with van der Waals surface area (Å²) in [5.74, 6) is 0. The molecule has 0 bridgehead atoms. The van der Waals surface area contributed by atoms with E-state index in [0.717, 1.165) is 13.1 Å². The minimum atomic E-state index is 0.450. The van der Waals surface area contributed by atoms with Crippen molar-refractivity contribution >= 4 is 0 Å². The summed E-state index contributed by atoms with van der Waals surface area (Å²) in [6.07, 6.45) is 4.80. The van der Waals surface area contributed by atoms with Gasteiger partial charge in [-0.15, -0.1) is 0 Å². The Morgan fingerprint density at radius 1 is 1.62 bits per heavy atom. The van der Waals surface area contributed by atoms with Crippen molar-refractivity contribution in [3.05, 3.63) is 11.6 Å². The van der Waals surface area contributed by atoms with Crippen molar-refractivity contribution in [3.63, 3.8) is 0 Å². The fourth-order valence-corrected chi connectivity index (χ4v) is 2.28. The Bertz CT molecular complexity index is 194. The van der Waals surface area contributed by atoms with Gasteiger partial charge in [0.25, 0.3) is 0 Å². The molecule has 0 aromatic heterocycles. The van der Waals surface area contributed by atoms with Gasteiger partial charge in [0.1, 0.15) is 0 Å². The number of hydrogen-bond donors (Lipinski definition) is 2. The topological polar surface area (TPSA) is 38.0 Å². The summed E-state index contributed by atoms with van der Waals surface area (Å²) >= 11 is 0. The molecule has 0 amide bonds. The molecule has 0 aliphatic heterocycles. The summed E-state index contributed by atoms with van der Waals surface area (Å²) < 4.78 is 0. The number of nitrogens with one attached hydrogen (secondary N) is 1. The summed E-state index contributed by atoms with van der Waals surface area (Å²) in [5.41, 5.74) is 7.42. The van der Waals surface area contributed by atoms with E-state index in [-0.39, 0.29) is 0 Å². The smallest absolute Gasteiger partial charge is 0.0258 e. The van der Waals surface area contributed by atoms with Gasteiger partial charge in [0.2, 0.25) is 0 Å². The van der Waals surface area contributed by atoms with Gasteiger partial charge in [0.05, 0.1) is 0 Å². The molecular formula is C11H22N2. The highest BCUT2D eigenvalue weighted by molar-refractivity contribution is 5.12. The van der Waals surface area contributed by atoms with Gasteiger partial charge in [-0.05, 0) is 25.2 Å². The van der Waals surface area contributed by atoms with Crippen molar-refractivity contribution in [2.75, 3.05) is 13.1 Å². The molecule has 76 valence electrons. The van der Waals surface area contributed by atoms with Crippen LogP contribution in [0, 0.1) is 5.41 Å². The predicted octanol–water partition coefficient (Wildman–Crippen LogP) is 1.67. The Kier molecular flexibility index (Phi) is 3.51. The maximum atomic E-state index is 5.46. The molecule has 0 saturated carbocycles. The number of nitrogens with two attached hydrogens (primary N) is 1. The van der Waals surface area contributed by atoms with Crippen molar-refractivity contribution in [3.8, 4) is 0 Å². The van der Waals surface area contributed by atoms with E-state index in [1.54, 1.807) is 0 Å². The Balaban J connectivity index is 2.51. The fraction of sp³-hybridized carbons (Fsp3) is 0.818. The standard InChI is InChI=1S/C11H22N2/c1-9-6-10(13-5-4-12)8-11(2,3)7-9/h6,10,13H,4-5,7-8,12H2,1-3H3. The Labute approximate surface area is 81.6 Å². The SMILES string of the molecule is CC1=CC(NCCN)CC(C)(C)C1. The van der Waals surface area contributed by atoms with Crippen LogP contribution in [0.2, 0.25) is 0 Å². The average molecular weight is 182 g/mol. The molecular weight excluding hydrogens is 160 g/mol. The Morgan fingerprint density at radius 2 is 2.31 bits per heavy atom. The molecule has 0 fully saturated rings. The first kappa shape index (κ1) is 10.7. The second-order valence-electron chi connectivity index (χ2n) is 4.91. The van der Waals surface area contributed by atoms with Gasteiger partial charge < -0.3 is 11.1 Å². The highest BCUT2D eigenvalue weighted by Crippen LogP contribution is 2.34. The number of rotatable bonds is 3. The molecule has 0 aromatic carbocycles. The molecule has 0 spiro atoms. The minimum Gasteiger partial charge on any atom is -0.329 e. The quantitative estimate of drug-likeness (QED) is 0.652. The van der Waals surface area contributed by atoms with E-state index in [0.29, 0.717) is 11.5 Å². The van der Waals surface area contributed by atoms with Gasteiger partial charge in [-0.1, -0.05) is 25.5 Å². The summed E-state index contributed by atoms with van der Waals surface area (Å²) in [6, 6.07) is 0.535. The van der Waals surface area contributed by atoms with Crippen LogP contribution < -0.4 is 11.1 Å². The lowest BCUT2D eigenvalue weighted by molar-refractivity contribution is 0.282. The molecule has 2 nitrogen and oxygen atoms in total. The molecule has 0 radical (unpaired) electrons. The summed E-state index contributed by atoms with van der Waals surface area (Å²) in [7, 11) is 0. The molecule has 3 N–H and O–H groups in total. The first-order valence-corrected chi connectivity index (χ1v) is 5.14. The van der Waals surface area contributed by atoms with E-state index < -0.39 is 0 Å². The second-order valence-corrected chi connectivity index (χ2v) is 4.91. The summed E-state index contributed by atoms with van der Waals surface area (Å²) in [5, 5.41) is 3.46. The summed E-state index contributed by atoms with van der Waals surface area (Å²) in [4.78, 5) is 0. The zero-order valence-electron chi connectivity index (χ0n) is 9.06. The van der Waals surface area contributed by atoms with Crippen LogP contribution in [-0.2, 0) is 0 Å². The van der Waals surface area contributed by atoms with E-state index in [9.17, 15) is 0 Å². The lowest BCUT2D eigenvalue weighted by Gasteiger charge is -2.34. The monoisotopic (exact) mass is 182 g/mol. The van der Waals surface area contributed by atoms with Crippen LogP contribution in [0.25, 0.3) is 0 Å². The molecule has 1 atom stereocenters. The zero-order valence-corrected chi connectivity index (χ0v) is 9.06. The van der Waals surface area contributed by atoms with Crippen LogP contribution in [0.5, 0.6) is 0 Å². The average Bonchev–Trinajstić information content (AvgIpc) is 1.97. The molecule has 1 aliphatic carbocycles. The Hall–Kier alpha value is -0.340. The van der Waals surface area contributed by atoms with Gasteiger partial charge in [0, 0.05) is 19.1 Å². The van der Waals surface area contributed by atoms with Crippen molar-refractivity contribution < 1.29 is 0 Å². The van der Waals surface area contributed by atoms with Gasteiger partial charge in [-0.3, -0.25) is 0 Å². The minimum absolute atomic E-state index is 0.450. The zero-order chi connectivity index (χ0) is 9.90. The van der Waals surface area contributed by atoms with Crippen molar-refractivity contribution in [1.82, 2.24) is 5.32 Å². The predicted molar refractivity (Wildman–Crippen MR) is 57.6 cm³/mol. The van der Waals surface area contributed by atoms with Gasteiger partial charge in [0.15, 0.2) is 0 Å². The molecule has 13 heavy (non-hydrogen) atoms. The van der Waals surface area contributed by atoms with E-state index >= 15 is 0 Å². The molecule has 0 saturated heterocycles. The van der Waals surface area contributed by atoms with Crippen LogP contribution >= 0.6 is 0 Å². The van der Waals surface area contributed by atoms with E-state index in [4.69, 9.17) is 5.73 Å². The van der Waals surface area contributed by atoms with Gasteiger partial charge in [-0.25, -0.2) is 0 Å². The van der Waals surface area contributed by atoms with Crippen molar-refractivity contribution in [2.45, 2.75) is 39.7 Å². The third kappa shape index (κ3) is 3.49. The second kappa shape index (κ2) is 4.25. The molecule has 1 aliphatic rings. The van der Waals surface area contributed by atoms with Crippen molar-refractivity contribution in [1.29, 1.82) is 0 Å². The van der Waals surface area contributed by atoms with Crippen LogP contribution in [0.1, 0.15) is 33.6 Å². The van der Waals surface area contributed by atoms with Crippen LogP contribution in [-0.4, -0.2) is 19.1 Å². The van der Waals surface area contributed by atoms with Crippen LogP contribution in [0.3, 0.4) is 0 Å². The van der Waals surface area contributed by atoms with E-state index in [1.165, 1.54) is 18.4 Å². The third-order valence-electron chi connectivity index (χ3n) is 2.57. The lowest BCUT2D eigenvalue weighted by Crippen LogP contribution is -2.38. The molecule has 1 unspecified atom stereocenters. The first-order chi connectivity index (χ1) is 6.03.